The first-order valence-corrected chi connectivity index (χ1v) is 5.64. The first kappa shape index (κ1) is 10.4. The second-order valence-corrected chi connectivity index (χ2v) is 4.40. The van der Waals surface area contributed by atoms with Gasteiger partial charge in [0.05, 0.1) is 19.1 Å². The molecule has 1 aromatic carbocycles. The van der Waals surface area contributed by atoms with Gasteiger partial charge in [0.15, 0.2) is 0 Å². The van der Waals surface area contributed by atoms with Gasteiger partial charge in [0.25, 0.3) is 0 Å². The Balaban J connectivity index is 2.08. The molecule has 0 amide bonds. The Morgan fingerprint density at radius 3 is 2.82 bits per heavy atom. The average Bonchev–Trinajstić information content (AvgIpc) is 2.66. The zero-order valence-corrected chi connectivity index (χ0v) is 9.22. The number of nitrogens with one attached hydrogen (secondary N) is 1. The van der Waals surface area contributed by atoms with E-state index in [2.05, 4.69) is 4.98 Å². The SMILES string of the molecule is O=C(O)C(c1c[nH]c2ccccc12)C1COC1. The summed E-state index contributed by atoms with van der Waals surface area (Å²) in [5, 5.41) is 10.4. The third kappa shape index (κ3) is 1.61. The summed E-state index contributed by atoms with van der Waals surface area (Å²) < 4.78 is 5.10. The molecule has 4 nitrogen and oxygen atoms in total. The average molecular weight is 231 g/mol. The lowest BCUT2D eigenvalue weighted by Crippen LogP contribution is -2.36. The highest BCUT2D eigenvalue weighted by Crippen LogP contribution is 2.34. The maximum atomic E-state index is 11.4. The minimum absolute atomic E-state index is 0.0895. The van der Waals surface area contributed by atoms with Gasteiger partial charge in [0.1, 0.15) is 0 Å². The summed E-state index contributed by atoms with van der Waals surface area (Å²) in [7, 11) is 0. The number of rotatable bonds is 3. The molecular formula is C13H13NO3. The largest absolute Gasteiger partial charge is 0.481 e. The zero-order chi connectivity index (χ0) is 11.8. The van der Waals surface area contributed by atoms with Gasteiger partial charge in [-0.05, 0) is 11.6 Å². The van der Waals surface area contributed by atoms with Crippen molar-refractivity contribution in [1.82, 2.24) is 4.98 Å². The highest BCUT2D eigenvalue weighted by atomic mass is 16.5. The van der Waals surface area contributed by atoms with E-state index >= 15 is 0 Å². The van der Waals surface area contributed by atoms with Crippen molar-refractivity contribution in [2.24, 2.45) is 5.92 Å². The molecule has 0 saturated carbocycles. The predicted molar refractivity (Wildman–Crippen MR) is 63.0 cm³/mol. The molecular weight excluding hydrogens is 218 g/mol. The Kier molecular flexibility index (Phi) is 2.37. The van der Waals surface area contributed by atoms with E-state index in [0.29, 0.717) is 13.2 Å². The molecule has 1 unspecified atom stereocenters. The van der Waals surface area contributed by atoms with Crippen molar-refractivity contribution >= 4 is 16.9 Å². The highest BCUT2D eigenvalue weighted by molar-refractivity contribution is 5.89. The van der Waals surface area contributed by atoms with Crippen LogP contribution in [-0.2, 0) is 9.53 Å². The molecule has 4 heteroatoms. The standard InChI is InChI=1S/C13H13NO3/c15-13(16)12(8-6-17-7-8)10-5-14-11-4-2-1-3-9(10)11/h1-5,8,12,14H,6-7H2,(H,15,16). The molecule has 1 saturated heterocycles. The Labute approximate surface area is 98.2 Å². The minimum Gasteiger partial charge on any atom is -0.481 e. The summed E-state index contributed by atoms with van der Waals surface area (Å²) in [6.07, 6.45) is 1.81. The normalized spacial score (nSPS) is 17.9. The van der Waals surface area contributed by atoms with Gasteiger partial charge in [-0.25, -0.2) is 0 Å². The van der Waals surface area contributed by atoms with Crippen molar-refractivity contribution in [3.8, 4) is 0 Å². The number of H-pyrrole nitrogens is 1. The smallest absolute Gasteiger partial charge is 0.311 e. The Hall–Kier alpha value is -1.81. The third-order valence-corrected chi connectivity index (χ3v) is 3.36. The van der Waals surface area contributed by atoms with Crippen LogP contribution >= 0.6 is 0 Å². The van der Waals surface area contributed by atoms with E-state index in [0.717, 1.165) is 16.5 Å². The number of para-hydroxylation sites is 1. The molecule has 2 aromatic rings. The van der Waals surface area contributed by atoms with Crippen molar-refractivity contribution in [3.05, 3.63) is 36.0 Å². The number of benzene rings is 1. The van der Waals surface area contributed by atoms with Crippen molar-refractivity contribution in [2.75, 3.05) is 13.2 Å². The van der Waals surface area contributed by atoms with Crippen LogP contribution in [0.25, 0.3) is 10.9 Å². The van der Waals surface area contributed by atoms with Crippen LogP contribution in [0, 0.1) is 5.92 Å². The second kappa shape index (κ2) is 3.89. The Morgan fingerprint density at radius 1 is 1.41 bits per heavy atom. The molecule has 0 bridgehead atoms. The fraction of sp³-hybridized carbons (Fsp3) is 0.308. The van der Waals surface area contributed by atoms with Crippen LogP contribution in [0.5, 0.6) is 0 Å². The summed E-state index contributed by atoms with van der Waals surface area (Å²) >= 11 is 0. The van der Waals surface area contributed by atoms with Crippen molar-refractivity contribution < 1.29 is 14.6 Å². The second-order valence-electron chi connectivity index (χ2n) is 4.40. The van der Waals surface area contributed by atoms with E-state index in [9.17, 15) is 9.90 Å². The molecule has 1 aromatic heterocycles. The first-order chi connectivity index (χ1) is 8.27. The number of hydrogen-bond donors (Lipinski definition) is 2. The molecule has 0 radical (unpaired) electrons. The molecule has 0 aliphatic carbocycles. The van der Waals surface area contributed by atoms with Gasteiger partial charge >= 0.3 is 5.97 Å². The van der Waals surface area contributed by atoms with Crippen LogP contribution in [0.15, 0.2) is 30.5 Å². The van der Waals surface area contributed by atoms with Crippen molar-refractivity contribution in [2.45, 2.75) is 5.92 Å². The molecule has 1 fully saturated rings. The summed E-state index contributed by atoms with van der Waals surface area (Å²) in [4.78, 5) is 14.5. The predicted octanol–water partition coefficient (Wildman–Crippen LogP) is 1.98. The van der Waals surface area contributed by atoms with E-state index in [4.69, 9.17) is 4.74 Å². The van der Waals surface area contributed by atoms with Crippen LogP contribution < -0.4 is 0 Å². The van der Waals surface area contributed by atoms with Crippen LogP contribution in [0.4, 0.5) is 0 Å². The number of aromatic amines is 1. The number of carboxylic acids is 1. The fourth-order valence-corrected chi connectivity index (χ4v) is 2.39. The van der Waals surface area contributed by atoms with E-state index < -0.39 is 11.9 Å². The van der Waals surface area contributed by atoms with Crippen LogP contribution in [-0.4, -0.2) is 29.3 Å². The molecule has 1 atom stereocenters. The molecule has 1 aliphatic rings. The fourth-order valence-electron chi connectivity index (χ4n) is 2.39. The van der Waals surface area contributed by atoms with E-state index in [1.807, 2.05) is 30.5 Å². The number of fused-ring (bicyclic) bond motifs is 1. The van der Waals surface area contributed by atoms with Crippen LogP contribution in [0.1, 0.15) is 11.5 Å². The van der Waals surface area contributed by atoms with Gasteiger partial charge in [-0.3, -0.25) is 4.79 Å². The summed E-state index contributed by atoms with van der Waals surface area (Å²) in [5.41, 5.74) is 1.84. The molecule has 2 heterocycles. The molecule has 0 spiro atoms. The summed E-state index contributed by atoms with van der Waals surface area (Å²) in [5.74, 6) is -1.16. The number of carboxylic acid groups (broad SMARTS) is 1. The van der Waals surface area contributed by atoms with E-state index in [1.54, 1.807) is 0 Å². The van der Waals surface area contributed by atoms with Gasteiger partial charge in [-0.2, -0.15) is 0 Å². The molecule has 2 N–H and O–H groups in total. The highest BCUT2D eigenvalue weighted by Gasteiger charge is 2.36. The maximum Gasteiger partial charge on any atom is 0.311 e. The van der Waals surface area contributed by atoms with E-state index in [-0.39, 0.29) is 5.92 Å². The zero-order valence-electron chi connectivity index (χ0n) is 9.22. The van der Waals surface area contributed by atoms with Gasteiger partial charge in [-0.15, -0.1) is 0 Å². The summed E-state index contributed by atoms with van der Waals surface area (Å²) in [6.45, 7) is 1.08. The maximum absolute atomic E-state index is 11.4. The number of aromatic nitrogens is 1. The Bertz CT molecular complexity index is 557. The molecule has 88 valence electrons. The number of carbonyl (C=O) groups is 1. The Morgan fingerprint density at radius 2 is 2.18 bits per heavy atom. The van der Waals surface area contributed by atoms with Crippen LogP contribution in [0.3, 0.4) is 0 Å². The molecule has 17 heavy (non-hydrogen) atoms. The molecule has 1 aliphatic heterocycles. The third-order valence-electron chi connectivity index (χ3n) is 3.36. The van der Waals surface area contributed by atoms with Gasteiger partial charge in [-0.1, -0.05) is 18.2 Å². The lowest BCUT2D eigenvalue weighted by atomic mass is 9.84. The van der Waals surface area contributed by atoms with Gasteiger partial charge < -0.3 is 14.8 Å². The summed E-state index contributed by atoms with van der Waals surface area (Å²) in [6, 6.07) is 7.77. The minimum atomic E-state index is -0.775. The quantitative estimate of drug-likeness (QED) is 0.849. The lowest BCUT2D eigenvalue weighted by Gasteiger charge is -2.31. The van der Waals surface area contributed by atoms with Gasteiger partial charge in [0, 0.05) is 23.0 Å². The van der Waals surface area contributed by atoms with E-state index in [1.165, 1.54) is 0 Å². The monoisotopic (exact) mass is 231 g/mol. The first-order valence-electron chi connectivity index (χ1n) is 5.64. The van der Waals surface area contributed by atoms with Crippen molar-refractivity contribution in [1.29, 1.82) is 0 Å². The topological polar surface area (TPSA) is 62.3 Å². The van der Waals surface area contributed by atoms with Crippen molar-refractivity contribution in [3.63, 3.8) is 0 Å². The number of aliphatic carboxylic acids is 1. The number of ether oxygens (including phenoxy) is 1. The molecule has 3 rings (SSSR count). The van der Waals surface area contributed by atoms with Crippen LogP contribution in [0.2, 0.25) is 0 Å². The lowest BCUT2D eigenvalue weighted by molar-refractivity contribution is -0.146. The number of hydrogen-bond acceptors (Lipinski definition) is 2. The van der Waals surface area contributed by atoms with Gasteiger partial charge in [0.2, 0.25) is 0 Å².